The number of nitrogens with zero attached hydrogens (tertiary/aromatic N) is 1. The maximum atomic E-state index is 12.3. The van der Waals surface area contributed by atoms with Gasteiger partial charge in [0.2, 0.25) is 0 Å². The summed E-state index contributed by atoms with van der Waals surface area (Å²) in [6, 6.07) is 7.31. The van der Waals surface area contributed by atoms with Crippen molar-refractivity contribution >= 4 is 24.4 Å². The molecule has 144 valence electrons. The van der Waals surface area contributed by atoms with Crippen LogP contribution < -0.4 is 10.5 Å². The van der Waals surface area contributed by atoms with Crippen molar-refractivity contribution in [2.75, 3.05) is 12.2 Å². The first-order valence-corrected chi connectivity index (χ1v) is 9.11. The van der Waals surface area contributed by atoms with E-state index in [1.54, 1.807) is 12.1 Å². The lowest BCUT2D eigenvalue weighted by Crippen LogP contribution is -2.41. The third kappa shape index (κ3) is 4.39. The second-order valence-corrected chi connectivity index (χ2v) is 7.64. The summed E-state index contributed by atoms with van der Waals surface area (Å²) in [7, 11) is 0.995. The van der Waals surface area contributed by atoms with Crippen LogP contribution in [0.3, 0.4) is 0 Å². The Morgan fingerprint density at radius 2 is 1.69 bits per heavy atom. The predicted octanol–water partition coefficient (Wildman–Crippen LogP) is 3.68. The Labute approximate surface area is 156 Å². The zero-order valence-electron chi connectivity index (χ0n) is 16.9. The van der Waals surface area contributed by atoms with E-state index in [4.69, 9.17) is 18.9 Å². The van der Waals surface area contributed by atoms with E-state index in [-0.39, 0.29) is 6.10 Å². The van der Waals surface area contributed by atoms with Crippen molar-refractivity contribution in [3.63, 3.8) is 0 Å². The van der Waals surface area contributed by atoms with Crippen molar-refractivity contribution in [3.8, 4) is 0 Å². The molecule has 6 nitrogen and oxygen atoms in total. The van der Waals surface area contributed by atoms with E-state index in [0.29, 0.717) is 5.69 Å². The molecule has 0 spiro atoms. The third-order valence-electron chi connectivity index (χ3n) is 5.00. The Morgan fingerprint density at radius 1 is 1.15 bits per heavy atom. The van der Waals surface area contributed by atoms with Crippen molar-refractivity contribution in [1.29, 1.82) is 0 Å². The minimum atomic E-state index is -0.531. The number of amides is 1. The molecule has 1 atom stereocenters. The molecule has 0 saturated carbocycles. The van der Waals surface area contributed by atoms with Gasteiger partial charge in [0.05, 0.1) is 24.0 Å². The van der Waals surface area contributed by atoms with Crippen molar-refractivity contribution in [3.05, 3.63) is 24.3 Å². The molecule has 0 N–H and O–H groups in total. The highest BCUT2D eigenvalue weighted by molar-refractivity contribution is 6.62. The van der Waals surface area contributed by atoms with E-state index in [1.165, 1.54) is 7.11 Å². The molecule has 1 aliphatic heterocycles. The fraction of sp³-hybridized carbons (Fsp3) is 0.632. The number of carbonyl (C=O) groups excluding carboxylic acids is 1. The smallest absolute Gasteiger partial charge is 0.445 e. The summed E-state index contributed by atoms with van der Waals surface area (Å²) < 4.78 is 17.5. The number of anilines is 1. The van der Waals surface area contributed by atoms with Crippen LogP contribution in [0.5, 0.6) is 0 Å². The summed E-state index contributed by atoms with van der Waals surface area (Å²) in [5, 5.41) is 1.14. The number of hydrogen-bond acceptors (Lipinski definition) is 5. The third-order valence-corrected chi connectivity index (χ3v) is 5.00. The van der Waals surface area contributed by atoms with E-state index in [2.05, 4.69) is 0 Å². The lowest BCUT2D eigenvalue weighted by Gasteiger charge is -2.32. The Morgan fingerprint density at radius 3 is 2.15 bits per heavy atom. The van der Waals surface area contributed by atoms with Crippen LogP contribution in [0.1, 0.15) is 54.4 Å². The standard InChI is InChI=1S/C19H30BNO5/c1-8-9-14(2)24-17(22)21(23-7)16-12-10-15(11-13-16)20-25-18(3,4)19(5,6)26-20/h10-14H,8-9H2,1-7H3. The van der Waals surface area contributed by atoms with E-state index in [0.717, 1.165) is 23.4 Å². The first-order valence-electron chi connectivity index (χ1n) is 9.11. The Kier molecular flexibility index (Phi) is 6.37. The van der Waals surface area contributed by atoms with Gasteiger partial charge in [0.25, 0.3) is 0 Å². The summed E-state index contributed by atoms with van der Waals surface area (Å²) in [4.78, 5) is 17.5. The van der Waals surface area contributed by atoms with E-state index in [1.807, 2.05) is 53.7 Å². The molecule has 0 aromatic heterocycles. The van der Waals surface area contributed by atoms with Crippen molar-refractivity contribution < 1.29 is 23.7 Å². The van der Waals surface area contributed by atoms with Crippen molar-refractivity contribution in [1.82, 2.24) is 0 Å². The molecular weight excluding hydrogens is 333 g/mol. The second kappa shape index (κ2) is 7.98. The van der Waals surface area contributed by atoms with Gasteiger partial charge in [-0.2, -0.15) is 5.06 Å². The molecule has 26 heavy (non-hydrogen) atoms. The van der Waals surface area contributed by atoms with Gasteiger partial charge < -0.3 is 14.0 Å². The largest absolute Gasteiger partial charge is 0.494 e. The van der Waals surface area contributed by atoms with Crippen LogP contribution in [0, 0.1) is 0 Å². The highest BCUT2D eigenvalue weighted by atomic mass is 16.7. The SMILES string of the molecule is CCCC(C)OC(=O)N(OC)c1ccc(B2OC(C)(C)C(C)(C)O2)cc1. The lowest BCUT2D eigenvalue weighted by atomic mass is 9.79. The first-order chi connectivity index (χ1) is 12.1. The summed E-state index contributed by atoms with van der Waals surface area (Å²) in [6.07, 6.45) is 1.07. The monoisotopic (exact) mass is 363 g/mol. The van der Waals surface area contributed by atoms with Crippen LogP contribution >= 0.6 is 0 Å². The topological polar surface area (TPSA) is 57.2 Å². The second-order valence-electron chi connectivity index (χ2n) is 7.64. The van der Waals surface area contributed by atoms with Crippen LogP contribution in [0.25, 0.3) is 0 Å². The molecule has 0 radical (unpaired) electrons. The zero-order valence-corrected chi connectivity index (χ0v) is 16.9. The van der Waals surface area contributed by atoms with Gasteiger partial charge in [0.15, 0.2) is 0 Å². The minimum absolute atomic E-state index is 0.158. The molecule has 1 unspecified atom stereocenters. The summed E-state index contributed by atoms with van der Waals surface area (Å²) in [5.41, 5.74) is 0.681. The van der Waals surface area contributed by atoms with Crippen LogP contribution in [0.2, 0.25) is 0 Å². The molecule has 1 aromatic carbocycles. The van der Waals surface area contributed by atoms with Gasteiger partial charge in [-0.1, -0.05) is 25.5 Å². The van der Waals surface area contributed by atoms with Gasteiger partial charge in [-0.05, 0) is 58.6 Å². The molecule has 1 fully saturated rings. The molecule has 7 heteroatoms. The molecule has 2 rings (SSSR count). The maximum absolute atomic E-state index is 12.3. The molecule has 0 bridgehead atoms. The molecule has 1 aromatic rings. The average molecular weight is 363 g/mol. The first kappa shape index (κ1) is 20.7. The van der Waals surface area contributed by atoms with E-state index < -0.39 is 24.4 Å². The number of ether oxygens (including phenoxy) is 1. The number of carbonyl (C=O) groups is 1. The molecule has 1 heterocycles. The van der Waals surface area contributed by atoms with Gasteiger partial charge in [-0.3, -0.25) is 4.84 Å². The zero-order chi connectivity index (χ0) is 19.5. The number of hydroxylamine groups is 1. The normalized spacial score (nSPS) is 19.3. The fourth-order valence-corrected chi connectivity index (χ4v) is 2.72. The quantitative estimate of drug-likeness (QED) is 0.570. The highest BCUT2D eigenvalue weighted by Gasteiger charge is 2.51. The summed E-state index contributed by atoms with van der Waals surface area (Å²) in [5.74, 6) is 0. The summed E-state index contributed by atoms with van der Waals surface area (Å²) in [6.45, 7) is 12.0. The minimum Gasteiger partial charge on any atom is -0.445 e. The van der Waals surface area contributed by atoms with Crippen LogP contribution in [-0.4, -0.2) is 37.6 Å². The predicted molar refractivity (Wildman–Crippen MR) is 102 cm³/mol. The highest BCUT2D eigenvalue weighted by Crippen LogP contribution is 2.36. The molecule has 1 aliphatic rings. The Hall–Kier alpha value is -1.57. The van der Waals surface area contributed by atoms with Gasteiger partial charge in [-0.25, -0.2) is 4.79 Å². The van der Waals surface area contributed by atoms with E-state index >= 15 is 0 Å². The maximum Gasteiger partial charge on any atom is 0.494 e. The van der Waals surface area contributed by atoms with Gasteiger partial charge in [-0.15, -0.1) is 0 Å². The van der Waals surface area contributed by atoms with Crippen molar-refractivity contribution in [2.24, 2.45) is 0 Å². The van der Waals surface area contributed by atoms with Gasteiger partial charge in [0, 0.05) is 0 Å². The summed E-state index contributed by atoms with van der Waals surface area (Å²) >= 11 is 0. The average Bonchev–Trinajstić information content (AvgIpc) is 2.77. The van der Waals surface area contributed by atoms with Crippen LogP contribution in [0.4, 0.5) is 10.5 Å². The number of hydrogen-bond donors (Lipinski definition) is 0. The van der Waals surface area contributed by atoms with Crippen molar-refractivity contribution in [2.45, 2.75) is 71.7 Å². The molecule has 1 saturated heterocycles. The number of rotatable bonds is 6. The van der Waals surface area contributed by atoms with Gasteiger partial charge >= 0.3 is 13.2 Å². The Balaban J connectivity index is 2.09. The molecular formula is C19H30BNO5. The van der Waals surface area contributed by atoms with Crippen LogP contribution in [0.15, 0.2) is 24.3 Å². The number of benzene rings is 1. The van der Waals surface area contributed by atoms with Gasteiger partial charge in [0.1, 0.15) is 6.10 Å². The fourth-order valence-electron chi connectivity index (χ4n) is 2.72. The molecule has 1 amide bonds. The van der Waals surface area contributed by atoms with Crippen LogP contribution in [-0.2, 0) is 18.9 Å². The lowest BCUT2D eigenvalue weighted by molar-refractivity contribution is 0.00578. The van der Waals surface area contributed by atoms with E-state index in [9.17, 15) is 4.79 Å². The Bertz CT molecular complexity index is 601. The molecule has 0 aliphatic carbocycles.